The van der Waals surface area contributed by atoms with Crippen molar-refractivity contribution in [3.63, 3.8) is 0 Å². The third kappa shape index (κ3) is 2.80. The number of fused-ring (bicyclic) bond motifs is 2. The Morgan fingerprint density at radius 2 is 1.15 bits per heavy atom. The summed E-state index contributed by atoms with van der Waals surface area (Å²) in [4.78, 5) is 29.9. The number of Topliss-reactive ketones (excluding diaryl/α,β-unsaturated/α-hetero) is 2. The predicted octanol–water partition coefficient (Wildman–Crippen LogP) is 4.71. The number of H-pyrrole nitrogens is 1. The van der Waals surface area contributed by atoms with E-state index in [-0.39, 0.29) is 11.6 Å². The van der Waals surface area contributed by atoms with Gasteiger partial charge in [0.2, 0.25) is 0 Å². The smallest absolute Gasteiger partial charge is 0.180 e. The fourth-order valence-electron chi connectivity index (χ4n) is 5.41. The van der Waals surface area contributed by atoms with Crippen LogP contribution in [0.25, 0.3) is 11.3 Å². The first-order valence-corrected chi connectivity index (χ1v) is 11.0. The lowest BCUT2D eigenvalue weighted by molar-refractivity contribution is 0.0759. The maximum Gasteiger partial charge on any atom is 0.180 e. The predicted molar refractivity (Wildman–Crippen MR) is 123 cm³/mol. The lowest BCUT2D eigenvalue weighted by atomic mass is 9.89. The van der Waals surface area contributed by atoms with Crippen molar-refractivity contribution in [2.24, 2.45) is 0 Å². The lowest BCUT2D eigenvalue weighted by Crippen LogP contribution is -2.17. The Hall–Kier alpha value is -3.80. The monoisotopic (exact) mass is 435 g/mol. The molecule has 5 heteroatoms. The molecular formula is C28H21NO4. The van der Waals surface area contributed by atoms with Gasteiger partial charge in [-0.15, -0.1) is 0 Å². The molecular weight excluding hydrogens is 414 g/mol. The molecule has 0 amide bonds. The van der Waals surface area contributed by atoms with Crippen molar-refractivity contribution in [1.29, 1.82) is 0 Å². The van der Waals surface area contributed by atoms with Crippen molar-refractivity contribution in [3.05, 3.63) is 118 Å². The number of carbonyl (C=O) groups excluding carboxylic acids is 2. The van der Waals surface area contributed by atoms with Crippen molar-refractivity contribution in [2.45, 2.75) is 24.0 Å². The van der Waals surface area contributed by atoms with E-state index in [4.69, 9.17) is 0 Å². The van der Waals surface area contributed by atoms with Crippen molar-refractivity contribution < 1.29 is 19.8 Å². The molecule has 4 aromatic rings. The van der Waals surface area contributed by atoms with Crippen LogP contribution in [0.1, 0.15) is 67.1 Å². The van der Waals surface area contributed by atoms with E-state index >= 15 is 0 Å². The maximum atomic E-state index is 13.3. The van der Waals surface area contributed by atoms with Crippen LogP contribution in [0.15, 0.2) is 84.9 Å². The maximum absolute atomic E-state index is 13.3. The molecule has 0 bridgehead atoms. The van der Waals surface area contributed by atoms with Gasteiger partial charge in [-0.1, -0.05) is 84.9 Å². The van der Waals surface area contributed by atoms with Gasteiger partial charge >= 0.3 is 0 Å². The van der Waals surface area contributed by atoms with E-state index in [1.165, 1.54) is 0 Å². The zero-order chi connectivity index (χ0) is 22.7. The van der Waals surface area contributed by atoms with E-state index in [1.807, 2.05) is 60.7 Å². The summed E-state index contributed by atoms with van der Waals surface area (Å²) in [7, 11) is 0. The highest BCUT2D eigenvalue weighted by Gasteiger charge is 2.49. The number of aromatic amines is 1. The van der Waals surface area contributed by atoms with Crippen LogP contribution in [0.4, 0.5) is 0 Å². The van der Waals surface area contributed by atoms with Crippen molar-refractivity contribution >= 4 is 11.6 Å². The summed E-state index contributed by atoms with van der Waals surface area (Å²) < 4.78 is 0. The number of aliphatic hydroxyl groups is 2. The highest BCUT2D eigenvalue weighted by atomic mass is 16.3. The van der Waals surface area contributed by atoms with Crippen LogP contribution in [-0.4, -0.2) is 26.8 Å². The molecule has 33 heavy (non-hydrogen) atoms. The number of aromatic nitrogens is 1. The van der Waals surface area contributed by atoms with E-state index in [0.29, 0.717) is 33.6 Å². The molecule has 2 aliphatic carbocycles. The molecule has 0 aliphatic heterocycles. The summed E-state index contributed by atoms with van der Waals surface area (Å²) in [6.07, 6.45) is -2.06. The van der Waals surface area contributed by atoms with E-state index in [2.05, 4.69) is 4.98 Å². The highest BCUT2D eigenvalue weighted by Crippen LogP contribution is 2.55. The Balaban J connectivity index is 1.56. The number of aliphatic hydroxyl groups excluding tert-OH is 2. The Bertz CT molecular complexity index is 1360. The van der Waals surface area contributed by atoms with Gasteiger partial charge in [0.25, 0.3) is 0 Å². The van der Waals surface area contributed by atoms with Crippen molar-refractivity contribution in [3.8, 4) is 11.3 Å². The fourth-order valence-corrected chi connectivity index (χ4v) is 5.41. The quantitative estimate of drug-likeness (QED) is 0.407. The number of hydrogen-bond acceptors (Lipinski definition) is 4. The molecule has 3 atom stereocenters. The van der Waals surface area contributed by atoms with Gasteiger partial charge in [-0.05, 0) is 11.1 Å². The number of benzene rings is 3. The van der Waals surface area contributed by atoms with E-state index in [0.717, 1.165) is 11.1 Å². The minimum absolute atomic E-state index is 0.288. The minimum Gasteiger partial charge on any atom is -0.388 e. The molecule has 0 fully saturated rings. The molecule has 0 spiro atoms. The molecule has 3 aromatic carbocycles. The summed E-state index contributed by atoms with van der Waals surface area (Å²) in [6, 6.07) is 25.6. The van der Waals surface area contributed by atoms with E-state index in [1.54, 1.807) is 24.3 Å². The Morgan fingerprint density at radius 3 is 1.76 bits per heavy atom. The van der Waals surface area contributed by atoms with Gasteiger partial charge in [-0.25, -0.2) is 0 Å². The molecule has 162 valence electrons. The second-order valence-electron chi connectivity index (χ2n) is 8.64. The topological polar surface area (TPSA) is 90.4 Å². The summed E-state index contributed by atoms with van der Waals surface area (Å²) in [5, 5.41) is 22.9. The van der Waals surface area contributed by atoms with Crippen LogP contribution in [0, 0.1) is 0 Å². The van der Waals surface area contributed by atoms with Gasteiger partial charge in [0, 0.05) is 33.9 Å². The molecule has 1 heterocycles. The second kappa shape index (κ2) is 7.37. The number of hydrogen-bond donors (Lipinski definition) is 3. The largest absolute Gasteiger partial charge is 0.388 e. The SMILES string of the molecule is O=C1c2ccccc2C(=O)C1c1[nH]c(-c2ccccc2)c2c1C(O)C(c1ccccc1)C2O. The van der Waals surface area contributed by atoms with Crippen LogP contribution in [0.2, 0.25) is 0 Å². The lowest BCUT2D eigenvalue weighted by Gasteiger charge is -2.21. The molecule has 3 N–H and O–H groups in total. The molecule has 6 rings (SSSR count). The molecule has 1 aromatic heterocycles. The Morgan fingerprint density at radius 1 is 0.636 bits per heavy atom. The number of nitrogens with one attached hydrogen (secondary N) is 1. The van der Waals surface area contributed by atoms with Crippen LogP contribution in [0.5, 0.6) is 0 Å². The molecule has 3 unspecified atom stereocenters. The molecule has 0 saturated carbocycles. The van der Waals surface area contributed by atoms with Crippen LogP contribution in [-0.2, 0) is 0 Å². The van der Waals surface area contributed by atoms with Crippen molar-refractivity contribution in [2.75, 3.05) is 0 Å². The zero-order valence-corrected chi connectivity index (χ0v) is 17.6. The minimum atomic E-state index is -1.06. The average molecular weight is 435 g/mol. The molecule has 0 radical (unpaired) electrons. The number of rotatable bonds is 3. The fraction of sp³-hybridized carbons (Fsp3) is 0.143. The molecule has 2 aliphatic rings. The average Bonchev–Trinajstić information content (AvgIpc) is 3.44. The molecule has 0 saturated heterocycles. The van der Waals surface area contributed by atoms with Crippen molar-refractivity contribution in [1.82, 2.24) is 4.98 Å². The summed E-state index contributed by atoms with van der Waals surface area (Å²) >= 11 is 0. The first kappa shape index (κ1) is 19.9. The van der Waals surface area contributed by atoms with E-state index < -0.39 is 24.0 Å². The summed E-state index contributed by atoms with van der Waals surface area (Å²) in [5.74, 6) is -2.24. The van der Waals surface area contributed by atoms with Gasteiger partial charge in [0.1, 0.15) is 5.92 Å². The Kier molecular flexibility index (Phi) is 4.43. The van der Waals surface area contributed by atoms with Gasteiger partial charge < -0.3 is 15.2 Å². The van der Waals surface area contributed by atoms with Gasteiger partial charge in [0.05, 0.1) is 17.9 Å². The number of ketones is 2. The first-order valence-electron chi connectivity index (χ1n) is 11.0. The van der Waals surface area contributed by atoms with Crippen LogP contribution in [0.3, 0.4) is 0 Å². The normalized spacial score (nSPS) is 21.9. The second-order valence-corrected chi connectivity index (χ2v) is 8.64. The molecule has 5 nitrogen and oxygen atoms in total. The van der Waals surface area contributed by atoms with Crippen LogP contribution < -0.4 is 0 Å². The van der Waals surface area contributed by atoms with Gasteiger partial charge in [-0.3, -0.25) is 9.59 Å². The van der Waals surface area contributed by atoms with Crippen LogP contribution >= 0.6 is 0 Å². The standard InChI is InChI=1S/C28H21NO4/c30-25-17-13-7-8-14-18(17)26(31)22(25)24-21-20(23(29-24)16-11-5-2-6-12-16)27(32)19(28(21)33)15-9-3-1-4-10-15/h1-14,19,22,27-29,32-33H. The van der Waals surface area contributed by atoms with Gasteiger partial charge in [0.15, 0.2) is 11.6 Å². The zero-order valence-electron chi connectivity index (χ0n) is 17.6. The third-order valence-corrected chi connectivity index (χ3v) is 6.90. The van der Waals surface area contributed by atoms with E-state index in [9.17, 15) is 19.8 Å². The third-order valence-electron chi connectivity index (χ3n) is 6.90. The number of carbonyl (C=O) groups is 2. The highest BCUT2D eigenvalue weighted by molar-refractivity contribution is 6.29. The van der Waals surface area contributed by atoms with Gasteiger partial charge in [-0.2, -0.15) is 0 Å². The Labute approximate surface area is 190 Å². The first-order chi connectivity index (χ1) is 16.1. The summed E-state index contributed by atoms with van der Waals surface area (Å²) in [5.41, 5.74) is 4.40. The summed E-state index contributed by atoms with van der Waals surface area (Å²) in [6.45, 7) is 0.